The van der Waals surface area contributed by atoms with Crippen molar-refractivity contribution in [3.8, 4) is 0 Å². The summed E-state index contributed by atoms with van der Waals surface area (Å²) in [6, 6.07) is 23.1. The van der Waals surface area contributed by atoms with Gasteiger partial charge < -0.3 is 15.6 Å². The van der Waals surface area contributed by atoms with Crippen molar-refractivity contribution in [1.82, 2.24) is 16.0 Å². The molecular weight excluding hydrogens is 410 g/mol. The maximum atomic E-state index is 13.0. The van der Waals surface area contributed by atoms with Crippen LogP contribution >= 0.6 is 11.6 Å². The average Bonchev–Trinajstić information content (AvgIpc) is 3.07. The van der Waals surface area contributed by atoms with Crippen LogP contribution in [0.3, 0.4) is 0 Å². The summed E-state index contributed by atoms with van der Waals surface area (Å²) in [6.07, 6.45) is 0. The van der Waals surface area contributed by atoms with Crippen LogP contribution in [-0.2, 0) is 0 Å². The normalized spacial score (nSPS) is 15.2. The first kappa shape index (κ1) is 19.5. The molecule has 5 rings (SSSR count). The summed E-state index contributed by atoms with van der Waals surface area (Å²) < 4.78 is 0. The Morgan fingerprint density at radius 1 is 1.00 bits per heavy atom. The van der Waals surface area contributed by atoms with Gasteiger partial charge in [-0.05, 0) is 61.5 Å². The number of rotatable bonds is 3. The minimum atomic E-state index is -0.139. The highest BCUT2D eigenvalue weighted by molar-refractivity contribution is 6.30. The van der Waals surface area contributed by atoms with E-state index < -0.39 is 0 Å². The van der Waals surface area contributed by atoms with E-state index >= 15 is 0 Å². The van der Waals surface area contributed by atoms with E-state index in [1.165, 1.54) is 0 Å². The Labute approximate surface area is 186 Å². The van der Waals surface area contributed by atoms with Crippen LogP contribution in [0.15, 0.2) is 78.5 Å². The van der Waals surface area contributed by atoms with Gasteiger partial charge in [-0.1, -0.05) is 29.8 Å². The summed E-state index contributed by atoms with van der Waals surface area (Å²) in [5.74, 6) is -0.139. The Morgan fingerprint density at radius 2 is 1.77 bits per heavy atom. The second-order valence-corrected chi connectivity index (χ2v) is 7.98. The van der Waals surface area contributed by atoms with Gasteiger partial charge in [-0.3, -0.25) is 9.80 Å². The third-order valence-electron chi connectivity index (χ3n) is 5.53. The molecular formula is C24H22ClN5O. The number of anilines is 3. The highest BCUT2D eigenvalue weighted by atomic mass is 35.5. The van der Waals surface area contributed by atoms with E-state index in [9.17, 15) is 4.79 Å². The van der Waals surface area contributed by atoms with Gasteiger partial charge >= 0.3 is 0 Å². The first-order valence-electron chi connectivity index (χ1n) is 10.1. The lowest BCUT2D eigenvalue weighted by Crippen LogP contribution is -2.40. The minimum Gasteiger partial charge on any atom is -0.339 e. The largest absolute Gasteiger partial charge is 0.339 e. The highest BCUT2D eigenvalue weighted by Crippen LogP contribution is 2.39. The van der Waals surface area contributed by atoms with Crippen molar-refractivity contribution in [2.75, 3.05) is 23.3 Å². The molecule has 2 heterocycles. The van der Waals surface area contributed by atoms with Gasteiger partial charge in [0.2, 0.25) is 0 Å². The molecule has 0 radical (unpaired) electrons. The predicted octanol–water partition coefficient (Wildman–Crippen LogP) is 4.76. The first-order chi connectivity index (χ1) is 15.1. The fraction of sp³-hybridized carbons (Fsp3) is 0.125. The van der Waals surface area contributed by atoms with Gasteiger partial charge in [0.05, 0.1) is 23.6 Å². The van der Waals surface area contributed by atoms with Crippen LogP contribution in [0, 0.1) is 0 Å². The Hall–Kier alpha value is -3.48. The number of allylic oxidation sites excluding steroid dienone is 1. The number of carbonyl (C=O) groups excluding carboxylic acids is 1. The van der Waals surface area contributed by atoms with E-state index in [1.807, 2.05) is 79.7 Å². The number of para-hydroxylation sites is 1. The molecule has 31 heavy (non-hydrogen) atoms. The molecule has 0 saturated heterocycles. The Morgan fingerprint density at radius 3 is 2.55 bits per heavy atom. The molecule has 156 valence electrons. The van der Waals surface area contributed by atoms with E-state index in [4.69, 9.17) is 11.6 Å². The van der Waals surface area contributed by atoms with Crippen molar-refractivity contribution in [2.45, 2.75) is 6.92 Å². The second kappa shape index (κ2) is 7.98. The molecule has 6 nitrogen and oxygen atoms in total. The second-order valence-electron chi connectivity index (χ2n) is 7.54. The molecule has 0 atom stereocenters. The number of amides is 1. The average molecular weight is 432 g/mol. The van der Waals surface area contributed by atoms with Gasteiger partial charge in [-0.15, -0.1) is 5.53 Å². The molecule has 0 spiro atoms. The van der Waals surface area contributed by atoms with Gasteiger partial charge in [-0.2, -0.15) is 0 Å². The fourth-order valence-electron chi connectivity index (χ4n) is 4.01. The molecule has 3 aromatic rings. The number of nitrogens with one attached hydrogen (secondary N) is 3. The number of fused-ring (bicyclic) bond motifs is 3. The molecule has 0 fully saturated rings. The molecule has 0 aliphatic carbocycles. The summed E-state index contributed by atoms with van der Waals surface area (Å²) in [7, 11) is 0. The lowest BCUT2D eigenvalue weighted by atomic mass is 10.0. The van der Waals surface area contributed by atoms with E-state index in [1.54, 1.807) is 0 Å². The van der Waals surface area contributed by atoms with E-state index in [2.05, 4.69) is 26.2 Å². The molecule has 3 N–H and O–H groups in total. The Balaban J connectivity index is 1.59. The van der Waals surface area contributed by atoms with Crippen LogP contribution in [0.1, 0.15) is 22.8 Å². The van der Waals surface area contributed by atoms with Gasteiger partial charge in [0.25, 0.3) is 5.91 Å². The first-order valence-corrected chi connectivity index (χ1v) is 10.5. The fourth-order valence-corrected chi connectivity index (χ4v) is 4.14. The van der Waals surface area contributed by atoms with Crippen LogP contribution < -0.4 is 21.2 Å². The topological polar surface area (TPSA) is 59.6 Å². The zero-order chi connectivity index (χ0) is 21.4. The maximum absolute atomic E-state index is 13.0. The van der Waals surface area contributed by atoms with Crippen LogP contribution in [0.25, 0.3) is 5.70 Å². The lowest BCUT2D eigenvalue weighted by molar-refractivity contribution is 0.102. The molecule has 0 bridgehead atoms. The van der Waals surface area contributed by atoms with Gasteiger partial charge in [0, 0.05) is 34.1 Å². The van der Waals surface area contributed by atoms with Crippen molar-refractivity contribution in [3.05, 3.63) is 94.6 Å². The number of hydrogen-bond acceptors (Lipinski definition) is 5. The lowest BCUT2D eigenvalue weighted by Gasteiger charge is -2.25. The van der Waals surface area contributed by atoms with Crippen LogP contribution in [0.2, 0.25) is 5.02 Å². The molecule has 2 aliphatic rings. The molecule has 7 heteroatoms. The molecule has 1 amide bonds. The molecule has 0 aromatic heterocycles. The SMILES string of the molecule is CC1=C2c3ccc(C(=O)Nc4ccccc4)cc3N(c3ccc(Cl)cc3)CCN2NN1. The quantitative estimate of drug-likeness (QED) is 0.558. The Bertz CT molecular complexity index is 1160. The standard InChI is InChI=1S/C24H22ClN5O/c1-16-23-21-12-7-17(24(31)26-19-5-3-2-4-6-19)15-22(21)29(13-14-30(23)28-27-16)20-10-8-18(25)9-11-20/h2-12,15,27-28H,13-14H2,1H3,(H,26,31). The summed E-state index contributed by atoms with van der Waals surface area (Å²) in [4.78, 5) is 15.2. The molecule has 2 aliphatic heterocycles. The summed E-state index contributed by atoms with van der Waals surface area (Å²) in [6.45, 7) is 3.55. The zero-order valence-corrected chi connectivity index (χ0v) is 17.8. The predicted molar refractivity (Wildman–Crippen MR) is 125 cm³/mol. The number of hydrogen-bond donors (Lipinski definition) is 3. The number of nitrogens with zero attached hydrogens (tertiary/aromatic N) is 2. The van der Waals surface area contributed by atoms with Crippen molar-refractivity contribution >= 4 is 40.3 Å². The maximum Gasteiger partial charge on any atom is 0.255 e. The van der Waals surface area contributed by atoms with Crippen molar-refractivity contribution in [2.24, 2.45) is 0 Å². The number of hydrazine groups is 2. The Kier molecular flexibility index (Phi) is 5.02. The summed E-state index contributed by atoms with van der Waals surface area (Å²) >= 11 is 6.12. The van der Waals surface area contributed by atoms with E-state index in [0.29, 0.717) is 10.6 Å². The van der Waals surface area contributed by atoms with Crippen LogP contribution in [-0.4, -0.2) is 24.0 Å². The summed E-state index contributed by atoms with van der Waals surface area (Å²) in [5.41, 5.74) is 13.0. The van der Waals surface area contributed by atoms with E-state index in [-0.39, 0.29) is 5.91 Å². The molecule has 3 aromatic carbocycles. The van der Waals surface area contributed by atoms with Gasteiger partial charge in [-0.25, -0.2) is 0 Å². The number of halogens is 1. The van der Waals surface area contributed by atoms with Crippen molar-refractivity contribution in [1.29, 1.82) is 0 Å². The molecule has 0 saturated carbocycles. The number of carbonyl (C=O) groups is 1. The van der Waals surface area contributed by atoms with Gasteiger partial charge in [0.15, 0.2) is 0 Å². The van der Waals surface area contributed by atoms with Gasteiger partial charge in [0.1, 0.15) is 0 Å². The number of benzene rings is 3. The van der Waals surface area contributed by atoms with Crippen LogP contribution in [0.4, 0.5) is 17.1 Å². The summed E-state index contributed by atoms with van der Waals surface area (Å²) in [5, 5.41) is 5.78. The third kappa shape index (κ3) is 3.71. The minimum absolute atomic E-state index is 0.139. The van der Waals surface area contributed by atoms with E-state index in [0.717, 1.165) is 47.1 Å². The molecule has 0 unspecified atom stereocenters. The van der Waals surface area contributed by atoms with Crippen molar-refractivity contribution < 1.29 is 4.79 Å². The van der Waals surface area contributed by atoms with Crippen molar-refractivity contribution in [3.63, 3.8) is 0 Å². The van der Waals surface area contributed by atoms with Crippen LogP contribution in [0.5, 0.6) is 0 Å². The smallest absolute Gasteiger partial charge is 0.255 e. The highest BCUT2D eigenvalue weighted by Gasteiger charge is 2.30. The zero-order valence-electron chi connectivity index (χ0n) is 17.0. The third-order valence-corrected chi connectivity index (χ3v) is 5.78. The monoisotopic (exact) mass is 431 g/mol.